The number of benzene rings is 1. The van der Waals surface area contributed by atoms with Crippen LogP contribution in [0.3, 0.4) is 0 Å². The summed E-state index contributed by atoms with van der Waals surface area (Å²) in [5, 5.41) is 0. The van der Waals surface area contributed by atoms with Gasteiger partial charge in [-0.1, -0.05) is 18.2 Å². The Bertz CT molecular complexity index is 315. The molecule has 0 unspecified atom stereocenters. The van der Waals surface area contributed by atoms with Crippen molar-refractivity contribution in [1.82, 2.24) is 0 Å². The van der Waals surface area contributed by atoms with E-state index in [1.807, 2.05) is 24.3 Å². The van der Waals surface area contributed by atoms with E-state index in [2.05, 4.69) is 0 Å². The minimum atomic E-state index is 0. The zero-order valence-corrected chi connectivity index (χ0v) is 9.17. The molecule has 0 heterocycles. The molecule has 0 aromatic heterocycles. The maximum atomic E-state index is 11.1. The second kappa shape index (κ2) is 5.62. The van der Waals surface area contributed by atoms with Gasteiger partial charge in [-0.2, -0.15) is 0 Å². The highest BCUT2D eigenvalue weighted by Gasteiger charge is 2.08. The minimum absolute atomic E-state index is 0. The van der Waals surface area contributed by atoms with Crippen LogP contribution in [-0.2, 0) is 11.3 Å². The first-order valence-corrected chi connectivity index (χ1v) is 4.19. The highest BCUT2D eigenvalue weighted by atomic mass is 35.5. The van der Waals surface area contributed by atoms with Gasteiger partial charge in [0.25, 0.3) is 0 Å². The molecule has 78 valence electrons. The number of carbonyl (C=O) groups excluding carboxylic acids is 1. The van der Waals surface area contributed by atoms with Gasteiger partial charge >= 0.3 is 0 Å². The Morgan fingerprint density at radius 3 is 2.50 bits per heavy atom. The molecule has 0 aliphatic rings. The lowest BCUT2D eigenvalue weighted by molar-refractivity contribution is -0.116. The number of hydrogen-bond acceptors (Lipinski definition) is 2. The Kier molecular flexibility index (Phi) is 5.20. The number of halogens is 1. The van der Waals surface area contributed by atoms with Gasteiger partial charge in [0.2, 0.25) is 5.91 Å². The first-order chi connectivity index (χ1) is 6.16. The van der Waals surface area contributed by atoms with Gasteiger partial charge in [-0.15, -0.1) is 12.4 Å². The quantitative estimate of drug-likeness (QED) is 0.812. The van der Waals surface area contributed by atoms with Crippen molar-refractivity contribution in [2.24, 2.45) is 5.73 Å². The van der Waals surface area contributed by atoms with Gasteiger partial charge < -0.3 is 10.6 Å². The summed E-state index contributed by atoms with van der Waals surface area (Å²) in [7, 11) is 1.75. The molecule has 1 rings (SSSR count). The average Bonchev–Trinajstić information content (AvgIpc) is 2.16. The fourth-order valence-corrected chi connectivity index (χ4v) is 1.18. The number of amides is 1. The van der Waals surface area contributed by atoms with Crippen molar-refractivity contribution < 1.29 is 4.79 Å². The van der Waals surface area contributed by atoms with E-state index in [-0.39, 0.29) is 18.3 Å². The van der Waals surface area contributed by atoms with Crippen LogP contribution in [0.4, 0.5) is 5.69 Å². The predicted octanol–water partition coefficient (Wildman–Crippen LogP) is 1.55. The number of rotatable bonds is 2. The van der Waals surface area contributed by atoms with E-state index in [4.69, 9.17) is 5.73 Å². The molecule has 14 heavy (non-hydrogen) atoms. The lowest BCUT2D eigenvalue weighted by atomic mass is 10.1. The van der Waals surface area contributed by atoms with E-state index in [0.717, 1.165) is 11.3 Å². The van der Waals surface area contributed by atoms with E-state index in [1.165, 1.54) is 6.92 Å². The maximum Gasteiger partial charge on any atom is 0.223 e. The molecule has 0 radical (unpaired) electrons. The molecular formula is C10H15ClN2O. The molecular weight excluding hydrogens is 200 g/mol. The van der Waals surface area contributed by atoms with Crippen molar-refractivity contribution in [3.05, 3.63) is 29.8 Å². The minimum Gasteiger partial charge on any atom is -0.326 e. The van der Waals surface area contributed by atoms with Gasteiger partial charge in [-0.05, 0) is 11.6 Å². The highest BCUT2D eigenvalue weighted by molar-refractivity contribution is 5.91. The van der Waals surface area contributed by atoms with Gasteiger partial charge in [-0.3, -0.25) is 4.79 Å². The Balaban J connectivity index is 0.00000169. The normalized spacial score (nSPS) is 9.07. The Morgan fingerprint density at radius 2 is 2.00 bits per heavy atom. The third kappa shape index (κ3) is 2.72. The Hall–Kier alpha value is -1.06. The van der Waals surface area contributed by atoms with E-state index >= 15 is 0 Å². The van der Waals surface area contributed by atoms with Crippen LogP contribution in [0, 0.1) is 0 Å². The largest absolute Gasteiger partial charge is 0.326 e. The van der Waals surface area contributed by atoms with Crippen LogP contribution in [0.5, 0.6) is 0 Å². The topological polar surface area (TPSA) is 46.3 Å². The van der Waals surface area contributed by atoms with Crippen molar-refractivity contribution in [1.29, 1.82) is 0 Å². The molecule has 1 aromatic carbocycles. The molecule has 0 saturated carbocycles. The van der Waals surface area contributed by atoms with Crippen molar-refractivity contribution in [2.45, 2.75) is 13.5 Å². The number of carbonyl (C=O) groups is 1. The molecule has 0 aliphatic heterocycles. The third-order valence-electron chi connectivity index (χ3n) is 2.05. The highest BCUT2D eigenvalue weighted by Crippen LogP contribution is 2.18. The van der Waals surface area contributed by atoms with E-state index in [1.54, 1.807) is 11.9 Å². The first kappa shape index (κ1) is 12.9. The number of anilines is 1. The molecule has 0 spiro atoms. The monoisotopic (exact) mass is 214 g/mol. The van der Waals surface area contributed by atoms with Crippen LogP contribution in [-0.4, -0.2) is 13.0 Å². The second-order valence-electron chi connectivity index (χ2n) is 2.91. The summed E-state index contributed by atoms with van der Waals surface area (Å²) in [6.45, 7) is 1.99. The number of hydrogen-bond donors (Lipinski definition) is 1. The smallest absolute Gasteiger partial charge is 0.223 e. The fraction of sp³-hybridized carbons (Fsp3) is 0.300. The summed E-state index contributed by atoms with van der Waals surface area (Å²) < 4.78 is 0. The standard InChI is InChI=1S/C10H14N2O.ClH/c1-8(13)12(2)10-6-4-3-5-9(10)7-11;/h3-6H,7,11H2,1-2H3;1H. The molecule has 0 bridgehead atoms. The lowest BCUT2D eigenvalue weighted by Gasteiger charge is -2.18. The number of nitrogens with two attached hydrogens (primary N) is 1. The first-order valence-electron chi connectivity index (χ1n) is 4.19. The molecule has 0 saturated heterocycles. The van der Waals surface area contributed by atoms with Crippen LogP contribution >= 0.6 is 12.4 Å². The van der Waals surface area contributed by atoms with Crippen molar-refractivity contribution in [3.63, 3.8) is 0 Å². The second-order valence-corrected chi connectivity index (χ2v) is 2.91. The average molecular weight is 215 g/mol. The van der Waals surface area contributed by atoms with Crippen molar-refractivity contribution in [3.8, 4) is 0 Å². The van der Waals surface area contributed by atoms with Gasteiger partial charge in [0, 0.05) is 26.2 Å². The van der Waals surface area contributed by atoms with Crippen molar-refractivity contribution >= 4 is 24.0 Å². The van der Waals surface area contributed by atoms with Gasteiger partial charge in [0.05, 0.1) is 0 Å². The molecule has 2 N–H and O–H groups in total. The van der Waals surface area contributed by atoms with Crippen LogP contribution < -0.4 is 10.6 Å². The van der Waals surface area contributed by atoms with Crippen LogP contribution in [0.25, 0.3) is 0 Å². The van der Waals surface area contributed by atoms with Crippen LogP contribution in [0.1, 0.15) is 12.5 Å². The summed E-state index contributed by atoms with van der Waals surface area (Å²) in [6, 6.07) is 7.63. The summed E-state index contributed by atoms with van der Waals surface area (Å²) in [5.41, 5.74) is 7.42. The van der Waals surface area contributed by atoms with Gasteiger partial charge in [0.15, 0.2) is 0 Å². The summed E-state index contributed by atoms with van der Waals surface area (Å²) >= 11 is 0. The SMILES string of the molecule is CC(=O)N(C)c1ccccc1CN.Cl. The molecule has 1 aromatic rings. The molecule has 1 amide bonds. The Morgan fingerprint density at radius 1 is 1.43 bits per heavy atom. The molecule has 3 nitrogen and oxygen atoms in total. The van der Waals surface area contributed by atoms with Crippen LogP contribution in [0.2, 0.25) is 0 Å². The molecule has 0 fully saturated rings. The number of nitrogens with zero attached hydrogens (tertiary/aromatic N) is 1. The fourth-order valence-electron chi connectivity index (χ4n) is 1.18. The summed E-state index contributed by atoms with van der Waals surface area (Å²) in [4.78, 5) is 12.7. The Labute approximate surface area is 90.3 Å². The lowest BCUT2D eigenvalue weighted by Crippen LogP contribution is -2.24. The number of para-hydroxylation sites is 1. The zero-order valence-electron chi connectivity index (χ0n) is 8.36. The van der Waals surface area contributed by atoms with Crippen LogP contribution in [0.15, 0.2) is 24.3 Å². The van der Waals surface area contributed by atoms with Gasteiger partial charge in [0.1, 0.15) is 0 Å². The van der Waals surface area contributed by atoms with Gasteiger partial charge in [-0.25, -0.2) is 0 Å². The third-order valence-corrected chi connectivity index (χ3v) is 2.05. The van der Waals surface area contributed by atoms with E-state index < -0.39 is 0 Å². The van der Waals surface area contributed by atoms with E-state index in [9.17, 15) is 4.79 Å². The molecule has 0 atom stereocenters. The summed E-state index contributed by atoms with van der Waals surface area (Å²) in [5.74, 6) is 0.0147. The molecule has 4 heteroatoms. The van der Waals surface area contributed by atoms with Crippen molar-refractivity contribution in [2.75, 3.05) is 11.9 Å². The van der Waals surface area contributed by atoms with E-state index in [0.29, 0.717) is 6.54 Å². The maximum absolute atomic E-state index is 11.1. The zero-order chi connectivity index (χ0) is 9.84. The summed E-state index contributed by atoms with van der Waals surface area (Å²) in [6.07, 6.45) is 0. The molecule has 0 aliphatic carbocycles. The predicted molar refractivity (Wildman–Crippen MR) is 60.7 cm³/mol.